The fourth-order valence-electron chi connectivity index (χ4n) is 3.12. The van der Waals surface area contributed by atoms with Crippen LogP contribution in [0.15, 0.2) is 48.5 Å². The highest BCUT2D eigenvalue weighted by Gasteiger charge is 2.10. The van der Waals surface area contributed by atoms with Gasteiger partial charge >= 0.3 is 0 Å². The number of nitrogens with zero attached hydrogens (tertiary/aromatic N) is 3. The molecule has 0 unspecified atom stereocenters. The van der Waals surface area contributed by atoms with Crippen LogP contribution in [0.2, 0.25) is 0 Å². The third-order valence-electron chi connectivity index (χ3n) is 5.17. The Morgan fingerprint density at radius 3 is 1.44 bits per heavy atom. The number of ether oxygens (including phenoxy) is 2. The van der Waals surface area contributed by atoms with Crippen LogP contribution in [-0.4, -0.2) is 35.2 Å². The Morgan fingerprint density at radius 1 is 0.656 bits per heavy atom. The van der Waals surface area contributed by atoms with Crippen molar-refractivity contribution >= 4 is 17.8 Å². The number of anilines is 3. The number of rotatable bonds is 12. The number of hydrogen-bond acceptors (Lipinski definition) is 8. The summed E-state index contributed by atoms with van der Waals surface area (Å²) >= 11 is 0. The highest BCUT2D eigenvalue weighted by Crippen LogP contribution is 2.17. The van der Waals surface area contributed by atoms with E-state index in [1.165, 1.54) is 0 Å². The molecule has 3 N–H and O–H groups in total. The SMILES string of the molecule is CCC(CC)Nc1nc(NCc2ccc(OC)cc2)nc(NCc2ccc(OC)cc2)n1. The summed E-state index contributed by atoms with van der Waals surface area (Å²) in [5, 5.41) is 10.0. The molecule has 0 aliphatic rings. The molecule has 1 aromatic heterocycles. The van der Waals surface area contributed by atoms with Gasteiger partial charge in [0, 0.05) is 19.1 Å². The zero-order valence-corrected chi connectivity index (χ0v) is 19.2. The second-order valence-corrected chi connectivity index (χ2v) is 7.37. The lowest BCUT2D eigenvalue weighted by molar-refractivity contribution is 0.414. The predicted molar refractivity (Wildman–Crippen MR) is 128 cm³/mol. The van der Waals surface area contributed by atoms with Gasteiger partial charge in [-0.05, 0) is 48.2 Å². The lowest BCUT2D eigenvalue weighted by Gasteiger charge is -2.16. The molecule has 3 aromatic rings. The normalized spacial score (nSPS) is 10.7. The van der Waals surface area contributed by atoms with Crippen molar-refractivity contribution in [1.82, 2.24) is 15.0 Å². The molecule has 0 atom stereocenters. The van der Waals surface area contributed by atoms with Crippen LogP contribution in [-0.2, 0) is 13.1 Å². The van der Waals surface area contributed by atoms with Crippen LogP contribution >= 0.6 is 0 Å². The van der Waals surface area contributed by atoms with Crippen molar-refractivity contribution in [2.75, 3.05) is 30.2 Å². The fraction of sp³-hybridized carbons (Fsp3) is 0.375. The van der Waals surface area contributed by atoms with Gasteiger partial charge in [0.1, 0.15) is 11.5 Å². The number of hydrogen-bond donors (Lipinski definition) is 3. The van der Waals surface area contributed by atoms with Crippen molar-refractivity contribution in [3.05, 3.63) is 59.7 Å². The quantitative estimate of drug-likeness (QED) is 0.376. The standard InChI is InChI=1S/C24H32N6O2/c1-5-19(6-2)27-24-29-22(25-15-17-7-11-20(31-3)12-8-17)28-23(30-24)26-16-18-9-13-21(32-4)14-10-18/h7-14,19H,5-6,15-16H2,1-4H3,(H3,25,26,27,28,29,30). The Hall–Kier alpha value is -3.55. The van der Waals surface area contributed by atoms with Crippen LogP contribution in [0.4, 0.5) is 17.8 Å². The van der Waals surface area contributed by atoms with Gasteiger partial charge in [-0.25, -0.2) is 0 Å². The summed E-state index contributed by atoms with van der Waals surface area (Å²) in [7, 11) is 3.32. The first-order valence-corrected chi connectivity index (χ1v) is 10.9. The van der Waals surface area contributed by atoms with Gasteiger partial charge in [0.25, 0.3) is 0 Å². The molecule has 0 aliphatic heterocycles. The van der Waals surface area contributed by atoms with Crippen LogP contribution in [0, 0.1) is 0 Å². The van der Waals surface area contributed by atoms with Crippen LogP contribution in [0.25, 0.3) is 0 Å². The third kappa shape index (κ3) is 6.73. The Labute approximate surface area is 189 Å². The predicted octanol–water partition coefficient (Wildman–Crippen LogP) is 4.71. The molecule has 8 heteroatoms. The maximum atomic E-state index is 5.22. The lowest BCUT2D eigenvalue weighted by atomic mass is 10.2. The minimum absolute atomic E-state index is 0.307. The molecule has 0 spiro atoms. The first-order chi connectivity index (χ1) is 15.6. The second kappa shape index (κ2) is 11.7. The van der Waals surface area contributed by atoms with Crippen LogP contribution in [0.5, 0.6) is 11.5 Å². The zero-order chi connectivity index (χ0) is 22.8. The molecule has 1 heterocycles. The van der Waals surface area contributed by atoms with Gasteiger partial charge in [-0.2, -0.15) is 15.0 Å². The molecule has 3 rings (SSSR count). The summed E-state index contributed by atoms with van der Waals surface area (Å²) in [5.74, 6) is 3.25. The van der Waals surface area contributed by atoms with Gasteiger partial charge in [-0.15, -0.1) is 0 Å². The molecule has 0 amide bonds. The van der Waals surface area contributed by atoms with Crippen molar-refractivity contribution in [2.45, 2.75) is 45.8 Å². The van der Waals surface area contributed by atoms with E-state index in [0.29, 0.717) is 37.0 Å². The Kier molecular flexibility index (Phi) is 8.48. The van der Waals surface area contributed by atoms with Crippen molar-refractivity contribution < 1.29 is 9.47 Å². The molecule has 2 aromatic carbocycles. The van der Waals surface area contributed by atoms with Crippen molar-refractivity contribution in [3.63, 3.8) is 0 Å². The molecule has 0 fully saturated rings. The zero-order valence-electron chi connectivity index (χ0n) is 19.2. The topological polar surface area (TPSA) is 93.2 Å². The first kappa shape index (κ1) is 23.1. The summed E-state index contributed by atoms with van der Waals surface area (Å²) in [5.41, 5.74) is 2.21. The summed E-state index contributed by atoms with van der Waals surface area (Å²) in [6.07, 6.45) is 1.98. The van der Waals surface area contributed by atoms with Crippen LogP contribution in [0.1, 0.15) is 37.8 Å². The van der Waals surface area contributed by atoms with Crippen LogP contribution in [0.3, 0.4) is 0 Å². The second-order valence-electron chi connectivity index (χ2n) is 7.37. The first-order valence-electron chi connectivity index (χ1n) is 10.9. The monoisotopic (exact) mass is 436 g/mol. The summed E-state index contributed by atoms with van der Waals surface area (Å²) in [6, 6.07) is 16.1. The van der Waals surface area contributed by atoms with Gasteiger partial charge in [0.15, 0.2) is 0 Å². The van der Waals surface area contributed by atoms with E-state index in [1.54, 1.807) is 14.2 Å². The molecular formula is C24H32N6O2. The molecule has 0 saturated heterocycles. The van der Waals surface area contributed by atoms with E-state index in [9.17, 15) is 0 Å². The Balaban J connectivity index is 1.73. The molecule has 0 radical (unpaired) electrons. The van der Waals surface area contributed by atoms with Gasteiger partial charge in [0.2, 0.25) is 17.8 Å². The molecule has 170 valence electrons. The summed E-state index contributed by atoms with van der Waals surface area (Å²) in [6.45, 7) is 5.48. The molecule has 32 heavy (non-hydrogen) atoms. The maximum Gasteiger partial charge on any atom is 0.229 e. The van der Waals surface area contributed by atoms with Gasteiger partial charge in [0.05, 0.1) is 14.2 Å². The minimum Gasteiger partial charge on any atom is -0.497 e. The average Bonchev–Trinajstić information content (AvgIpc) is 2.85. The highest BCUT2D eigenvalue weighted by molar-refractivity contribution is 5.44. The van der Waals surface area contributed by atoms with E-state index in [-0.39, 0.29) is 0 Å². The van der Waals surface area contributed by atoms with E-state index >= 15 is 0 Å². The van der Waals surface area contributed by atoms with Crippen molar-refractivity contribution in [2.24, 2.45) is 0 Å². The fourth-order valence-corrected chi connectivity index (χ4v) is 3.12. The van der Waals surface area contributed by atoms with Gasteiger partial charge in [-0.3, -0.25) is 0 Å². The number of aromatic nitrogens is 3. The molecule has 0 saturated carbocycles. The molecular weight excluding hydrogens is 404 g/mol. The number of benzene rings is 2. The van der Waals surface area contributed by atoms with Crippen molar-refractivity contribution in [3.8, 4) is 11.5 Å². The van der Waals surface area contributed by atoms with E-state index in [1.807, 2.05) is 48.5 Å². The highest BCUT2D eigenvalue weighted by atomic mass is 16.5. The largest absolute Gasteiger partial charge is 0.497 e. The van der Waals surface area contributed by atoms with Gasteiger partial charge < -0.3 is 25.4 Å². The minimum atomic E-state index is 0.307. The summed E-state index contributed by atoms with van der Waals surface area (Å²) in [4.78, 5) is 13.7. The number of nitrogens with one attached hydrogen (secondary N) is 3. The van der Waals surface area contributed by atoms with E-state index in [4.69, 9.17) is 9.47 Å². The van der Waals surface area contributed by atoms with E-state index in [2.05, 4.69) is 44.7 Å². The smallest absolute Gasteiger partial charge is 0.229 e. The molecule has 0 aliphatic carbocycles. The van der Waals surface area contributed by atoms with E-state index < -0.39 is 0 Å². The lowest BCUT2D eigenvalue weighted by Crippen LogP contribution is -2.20. The average molecular weight is 437 g/mol. The maximum absolute atomic E-state index is 5.22. The third-order valence-corrected chi connectivity index (χ3v) is 5.17. The number of methoxy groups -OCH3 is 2. The Bertz CT molecular complexity index is 889. The molecule has 0 bridgehead atoms. The van der Waals surface area contributed by atoms with Crippen molar-refractivity contribution in [1.29, 1.82) is 0 Å². The van der Waals surface area contributed by atoms with Gasteiger partial charge in [-0.1, -0.05) is 38.1 Å². The molecule has 8 nitrogen and oxygen atoms in total. The Morgan fingerprint density at radius 2 is 1.06 bits per heavy atom. The van der Waals surface area contributed by atoms with Crippen LogP contribution < -0.4 is 25.4 Å². The summed E-state index contributed by atoms with van der Waals surface area (Å²) < 4.78 is 10.4. The van der Waals surface area contributed by atoms with E-state index in [0.717, 1.165) is 35.5 Å².